The maximum absolute atomic E-state index is 9.59. The van der Waals surface area contributed by atoms with Gasteiger partial charge in [0.2, 0.25) is 0 Å². The average Bonchev–Trinajstić information content (AvgIpc) is 2.15. The van der Waals surface area contributed by atoms with Gasteiger partial charge >= 0.3 is 0 Å². The number of hydrogen-bond acceptors (Lipinski definition) is 6. The highest BCUT2D eigenvalue weighted by Gasteiger charge is 2.52. The maximum atomic E-state index is 9.59. The lowest BCUT2D eigenvalue weighted by atomic mass is 9.72. The summed E-state index contributed by atoms with van der Waals surface area (Å²) < 4.78 is 0. The van der Waals surface area contributed by atoms with Crippen LogP contribution in [-0.2, 0) is 0 Å². The third-order valence-corrected chi connectivity index (χ3v) is 2.88. The maximum Gasteiger partial charge on any atom is 0.116 e. The second-order valence-corrected chi connectivity index (χ2v) is 3.96. The summed E-state index contributed by atoms with van der Waals surface area (Å²) in [6, 6.07) is 0. The van der Waals surface area contributed by atoms with E-state index in [9.17, 15) is 20.4 Å². The molecule has 4 unspecified atom stereocenters. The van der Waals surface area contributed by atoms with Gasteiger partial charge in [-0.2, -0.15) is 0 Å². The molecule has 84 valence electrons. The van der Waals surface area contributed by atoms with Gasteiger partial charge in [-0.15, -0.1) is 0 Å². The second kappa shape index (κ2) is 3.73. The standard InChI is InChI=1S/C8H16O6/c9-3-7(13)1-5(11)8(14,4-10)2-6(7)12/h5-6,9-14H,1-4H2. The fraction of sp³-hybridized carbons (Fsp3) is 1.00. The molecule has 0 aromatic rings. The molecule has 0 spiro atoms. The molecular formula is C8H16O6. The first-order chi connectivity index (χ1) is 6.38. The van der Waals surface area contributed by atoms with Gasteiger partial charge in [0.25, 0.3) is 0 Å². The van der Waals surface area contributed by atoms with Crippen molar-refractivity contribution in [1.82, 2.24) is 0 Å². The van der Waals surface area contributed by atoms with Crippen LogP contribution in [0.15, 0.2) is 0 Å². The normalized spacial score (nSPS) is 49.3. The Bertz CT molecular complexity index is 188. The molecule has 6 nitrogen and oxygen atoms in total. The Morgan fingerprint density at radius 3 is 1.36 bits per heavy atom. The van der Waals surface area contributed by atoms with E-state index in [1.54, 1.807) is 0 Å². The van der Waals surface area contributed by atoms with E-state index in [0.29, 0.717) is 0 Å². The summed E-state index contributed by atoms with van der Waals surface area (Å²) >= 11 is 0. The number of rotatable bonds is 2. The molecule has 1 aliphatic carbocycles. The molecule has 0 bridgehead atoms. The van der Waals surface area contributed by atoms with E-state index < -0.39 is 36.6 Å². The average molecular weight is 208 g/mol. The summed E-state index contributed by atoms with van der Waals surface area (Å²) in [5.41, 5.74) is -3.61. The zero-order valence-electron chi connectivity index (χ0n) is 7.67. The van der Waals surface area contributed by atoms with Gasteiger partial charge in [-0.25, -0.2) is 0 Å². The fourth-order valence-electron chi connectivity index (χ4n) is 1.66. The van der Waals surface area contributed by atoms with Crippen molar-refractivity contribution in [2.75, 3.05) is 13.2 Å². The molecule has 0 heterocycles. The van der Waals surface area contributed by atoms with Crippen LogP contribution < -0.4 is 0 Å². The van der Waals surface area contributed by atoms with Crippen molar-refractivity contribution in [2.24, 2.45) is 0 Å². The predicted octanol–water partition coefficient (Wildman–Crippen LogP) is -3.05. The molecule has 1 rings (SSSR count). The highest BCUT2D eigenvalue weighted by molar-refractivity contribution is 5.03. The van der Waals surface area contributed by atoms with Gasteiger partial charge in [0.1, 0.15) is 11.2 Å². The number of hydrogen-bond donors (Lipinski definition) is 6. The van der Waals surface area contributed by atoms with E-state index in [1.807, 2.05) is 0 Å². The van der Waals surface area contributed by atoms with E-state index in [4.69, 9.17) is 10.2 Å². The van der Waals surface area contributed by atoms with Crippen LogP contribution in [0.2, 0.25) is 0 Å². The summed E-state index contributed by atoms with van der Waals surface area (Å²) in [7, 11) is 0. The molecule has 14 heavy (non-hydrogen) atoms. The Labute approximate surface area is 81.1 Å². The lowest BCUT2D eigenvalue weighted by Gasteiger charge is -2.45. The Kier molecular flexibility index (Phi) is 3.15. The zero-order chi connectivity index (χ0) is 11.0. The Morgan fingerprint density at radius 1 is 0.857 bits per heavy atom. The molecule has 1 saturated carbocycles. The van der Waals surface area contributed by atoms with Gasteiger partial charge in [-0.05, 0) is 0 Å². The molecule has 1 aliphatic rings. The molecule has 6 heteroatoms. The summed E-state index contributed by atoms with van der Waals surface area (Å²) in [6.45, 7) is -1.40. The van der Waals surface area contributed by atoms with Crippen molar-refractivity contribution in [3.05, 3.63) is 0 Å². The minimum atomic E-state index is -1.80. The quantitative estimate of drug-likeness (QED) is 0.287. The summed E-state index contributed by atoms with van der Waals surface area (Å²) in [4.78, 5) is 0. The van der Waals surface area contributed by atoms with Crippen LogP contribution in [0.25, 0.3) is 0 Å². The van der Waals surface area contributed by atoms with E-state index in [1.165, 1.54) is 0 Å². The van der Waals surface area contributed by atoms with Crippen molar-refractivity contribution in [3.8, 4) is 0 Å². The first-order valence-corrected chi connectivity index (χ1v) is 4.40. The van der Waals surface area contributed by atoms with Crippen molar-refractivity contribution in [1.29, 1.82) is 0 Å². The van der Waals surface area contributed by atoms with Crippen molar-refractivity contribution in [2.45, 2.75) is 36.3 Å². The minimum Gasteiger partial charge on any atom is -0.393 e. The molecular weight excluding hydrogens is 192 g/mol. The van der Waals surface area contributed by atoms with Crippen molar-refractivity contribution in [3.63, 3.8) is 0 Å². The monoisotopic (exact) mass is 208 g/mol. The van der Waals surface area contributed by atoms with Crippen LogP contribution in [0, 0.1) is 0 Å². The van der Waals surface area contributed by atoms with E-state index in [0.717, 1.165) is 0 Å². The summed E-state index contributed by atoms with van der Waals surface area (Å²) in [6.07, 6.45) is -3.48. The third kappa shape index (κ3) is 1.77. The van der Waals surface area contributed by atoms with E-state index >= 15 is 0 Å². The van der Waals surface area contributed by atoms with Gasteiger partial charge in [-0.3, -0.25) is 0 Å². The van der Waals surface area contributed by atoms with Crippen LogP contribution in [0.4, 0.5) is 0 Å². The summed E-state index contributed by atoms with van der Waals surface area (Å²) in [5.74, 6) is 0. The topological polar surface area (TPSA) is 121 Å². The summed E-state index contributed by atoms with van der Waals surface area (Å²) in [5, 5.41) is 55.7. The van der Waals surface area contributed by atoms with Crippen molar-refractivity contribution < 1.29 is 30.6 Å². The Hall–Kier alpha value is -0.240. The first kappa shape index (κ1) is 11.8. The van der Waals surface area contributed by atoms with Gasteiger partial charge in [-0.1, -0.05) is 0 Å². The largest absolute Gasteiger partial charge is 0.393 e. The molecule has 0 aromatic carbocycles. The zero-order valence-corrected chi connectivity index (χ0v) is 7.67. The lowest BCUT2D eigenvalue weighted by molar-refractivity contribution is -0.224. The third-order valence-electron chi connectivity index (χ3n) is 2.88. The van der Waals surface area contributed by atoms with Crippen LogP contribution in [0.3, 0.4) is 0 Å². The Balaban J connectivity index is 2.81. The van der Waals surface area contributed by atoms with E-state index in [-0.39, 0.29) is 12.8 Å². The molecule has 0 aromatic heterocycles. The second-order valence-electron chi connectivity index (χ2n) is 3.96. The van der Waals surface area contributed by atoms with Crippen LogP contribution in [0.5, 0.6) is 0 Å². The molecule has 1 fully saturated rings. The molecule has 0 amide bonds. The molecule has 0 aliphatic heterocycles. The smallest absolute Gasteiger partial charge is 0.116 e. The molecule has 6 N–H and O–H groups in total. The Morgan fingerprint density at radius 2 is 1.14 bits per heavy atom. The van der Waals surface area contributed by atoms with Gasteiger partial charge < -0.3 is 30.6 Å². The van der Waals surface area contributed by atoms with Crippen LogP contribution in [-0.4, -0.2) is 67.3 Å². The van der Waals surface area contributed by atoms with Crippen LogP contribution in [0.1, 0.15) is 12.8 Å². The van der Waals surface area contributed by atoms with Crippen molar-refractivity contribution >= 4 is 0 Å². The molecule has 0 radical (unpaired) electrons. The first-order valence-electron chi connectivity index (χ1n) is 4.40. The minimum absolute atomic E-state index is 0.373. The van der Waals surface area contributed by atoms with Gasteiger partial charge in [0.15, 0.2) is 0 Å². The van der Waals surface area contributed by atoms with Crippen LogP contribution >= 0.6 is 0 Å². The fourth-order valence-corrected chi connectivity index (χ4v) is 1.66. The van der Waals surface area contributed by atoms with E-state index in [2.05, 4.69) is 0 Å². The highest BCUT2D eigenvalue weighted by atomic mass is 16.4. The highest BCUT2D eigenvalue weighted by Crippen LogP contribution is 2.34. The number of aliphatic hydroxyl groups is 6. The predicted molar refractivity (Wildman–Crippen MR) is 45.3 cm³/mol. The van der Waals surface area contributed by atoms with Gasteiger partial charge in [0, 0.05) is 12.8 Å². The SMILES string of the molecule is OCC1(O)CC(O)C(O)(CO)CC1O. The number of aliphatic hydroxyl groups excluding tert-OH is 4. The van der Waals surface area contributed by atoms with Gasteiger partial charge in [0.05, 0.1) is 25.4 Å². The molecule has 4 atom stereocenters. The molecule has 0 saturated heterocycles. The lowest BCUT2D eigenvalue weighted by Crippen LogP contribution is -2.63.